The number of benzene rings is 1. The van der Waals surface area contributed by atoms with E-state index in [1.54, 1.807) is 31.5 Å². The minimum atomic E-state index is -0.301. The summed E-state index contributed by atoms with van der Waals surface area (Å²) in [4.78, 5) is 15.2. The lowest BCUT2D eigenvalue weighted by atomic mass is 10.3. The number of hydrogen-bond acceptors (Lipinski definition) is 4. The highest BCUT2D eigenvalue weighted by atomic mass is 16.5. The first kappa shape index (κ1) is 13.6. The molecule has 0 unspecified atom stereocenters. The van der Waals surface area contributed by atoms with Crippen LogP contribution in [0.25, 0.3) is 0 Å². The number of hydrogen-bond donors (Lipinski definition) is 1. The first-order valence-electron chi connectivity index (χ1n) is 5.91. The van der Waals surface area contributed by atoms with Crippen molar-refractivity contribution in [3.05, 3.63) is 55.4 Å². The number of pyridine rings is 1. The zero-order valence-electron chi connectivity index (χ0n) is 11.0. The van der Waals surface area contributed by atoms with Gasteiger partial charge in [-0.15, -0.1) is 0 Å². The van der Waals surface area contributed by atoms with Crippen LogP contribution in [0.4, 0.5) is 5.69 Å². The van der Waals surface area contributed by atoms with Crippen LogP contribution in [0, 0.1) is 0 Å². The number of nitrogens with one attached hydrogen (secondary N) is 1. The summed E-state index contributed by atoms with van der Waals surface area (Å²) in [5, 5.41) is 2.62. The smallest absolute Gasteiger partial charge is 0.247 e. The Morgan fingerprint density at radius 1 is 1.25 bits per heavy atom. The predicted octanol–water partition coefficient (Wildman–Crippen LogP) is 3.01. The van der Waals surface area contributed by atoms with Crippen molar-refractivity contribution in [1.29, 1.82) is 0 Å². The van der Waals surface area contributed by atoms with Crippen LogP contribution in [0.15, 0.2) is 55.4 Å². The van der Waals surface area contributed by atoms with Gasteiger partial charge in [0.15, 0.2) is 0 Å². The molecule has 1 aromatic carbocycles. The third-order valence-electron chi connectivity index (χ3n) is 2.44. The van der Waals surface area contributed by atoms with Gasteiger partial charge in [0, 0.05) is 12.1 Å². The van der Waals surface area contributed by atoms with Crippen molar-refractivity contribution in [3.8, 4) is 17.2 Å². The lowest BCUT2D eigenvalue weighted by Crippen LogP contribution is -2.07. The van der Waals surface area contributed by atoms with E-state index in [0.717, 1.165) is 0 Å². The summed E-state index contributed by atoms with van der Waals surface area (Å²) < 4.78 is 10.8. The minimum absolute atomic E-state index is 0.301. The van der Waals surface area contributed by atoms with E-state index >= 15 is 0 Å². The largest absolute Gasteiger partial charge is 0.497 e. The van der Waals surface area contributed by atoms with Gasteiger partial charge in [0.1, 0.15) is 17.2 Å². The molecule has 0 atom stereocenters. The monoisotopic (exact) mass is 270 g/mol. The highest BCUT2D eigenvalue weighted by molar-refractivity contribution is 5.98. The molecule has 0 saturated carbocycles. The Bertz CT molecular complexity index is 626. The summed E-state index contributed by atoms with van der Waals surface area (Å²) in [5.41, 5.74) is 0.537. The van der Waals surface area contributed by atoms with E-state index in [2.05, 4.69) is 16.9 Å². The second kappa shape index (κ2) is 6.38. The van der Waals surface area contributed by atoms with Crippen LogP contribution in [-0.2, 0) is 4.79 Å². The van der Waals surface area contributed by atoms with Gasteiger partial charge >= 0.3 is 0 Å². The molecule has 0 aliphatic heterocycles. The Hall–Kier alpha value is -2.82. The third-order valence-corrected chi connectivity index (χ3v) is 2.44. The van der Waals surface area contributed by atoms with Gasteiger partial charge in [0.25, 0.3) is 0 Å². The Kier molecular flexibility index (Phi) is 4.34. The van der Waals surface area contributed by atoms with Crippen molar-refractivity contribution in [2.24, 2.45) is 0 Å². The molecule has 1 heterocycles. The van der Waals surface area contributed by atoms with Crippen molar-refractivity contribution in [3.63, 3.8) is 0 Å². The van der Waals surface area contributed by atoms with E-state index < -0.39 is 0 Å². The second-order valence-electron chi connectivity index (χ2n) is 3.88. The van der Waals surface area contributed by atoms with Crippen molar-refractivity contribution >= 4 is 11.6 Å². The molecular weight excluding hydrogens is 256 g/mol. The van der Waals surface area contributed by atoms with E-state index in [1.165, 1.54) is 12.3 Å². The summed E-state index contributed by atoms with van der Waals surface area (Å²) in [6.07, 6.45) is 4.28. The maximum absolute atomic E-state index is 11.2. The minimum Gasteiger partial charge on any atom is -0.497 e. The van der Waals surface area contributed by atoms with E-state index in [0.29, 0.717) is 22.9 Å². The number of nitrogens with zero attached hydrogens (tertiary/aromatic N) is 1. The number of carbonyl (C=O) groups is 1. The molecule has 0 aliphatic rings. The van der Waals surface area contributed by atoms with Crippen molar-refractivity contribution < 1.29 is 14.3 Å². The first-order valence-corrected chi connectivity index (χ1v) is 5.91. The average Bonchev–Trinajstić information content (AvgIpc) is 2.47. The summed E-state index contributed by atoms with van der Waals surface area (Å²) >= 11 is 0. The van der Waals surface area contributed by atoms with Crippen LogP contribution in [0.2, 0.25) is 0 Å². The fraction of sp³-hybridized carbons (Fsp3) is 0.0667. The van der Waals surface area contributed by atoms with E-state index in [-0.39, 0.29) is 5.91 Å². The molecule has 102 valence electrons. The van der Waals surface area contributed by atoms with Crippen LogP contribution < -0.4 is 14.8 Å². The molecule has 0 saturated heterocycles. The molecule has 1 amide bonds. The third kappa shape index (κ3) is 3.58. The highest BCUT2D eigenvalue weighted by Crippen LogP contribution is 2.26. The fourth-order valence-corrected chi connectivity index (χ4v) is 1.54. The van der Waals surface area contributed by atoms with Gasteiger partial charge in [0.05, 0.1) is 25.2 Å². The van der Waals surface area contributed by atoms with Gasteiger partial charge in [-0.1, -0.05) is 12.6 Å². The maximum Gasteiger partial charge on any atom is 0.247 e. The normalized spacial score (nSPS) is 9.65. The van der Waals surface area contributed by atoms with Crippen LogP contribution >= 0.6 is 0 Å². The summed E-state index contributed by atoms with van der Waals surface area (Å²) in [6.45, 7) is 3.39. The molecule has 0 spiro atoms. The summed E-state index contributed by atoms with van der Waals surface area (Å²) in [6, 6.07) is 8.89. The van der Waals surface area contributed by atoms with Crippen LogP contribution in [-0.4, -0.2) is 18.0 Å². The van der Waals surface area contributed by atoms with Crippen molar-refractivity contribution in [2.75, 3.05) is 12.4 Å². The van der Waals surface area contributed by atoms with Crippen LogP contribution in [0.3, 0.4) is 0 Å². The number of rotatable bonds is 5. The molecule has 0 radical (unpaired) electrons. The Morgan fingerprint density at radius 2 is 2.05 bits per heavy atom. The first-order chi connectivity index (χ1) is 9.71. The molecular formula is C15H14N2O3. The molecule has 1 aromatic heterocycles. The Balaban J connectivity index is 2.14. The standard InChI is InChI=1S/C15H14N2O3/c1-3-15(18)17-11-7-14(10-16-9-11)20-13-6-4-5-12(8-13)19-2/h3-10H,1H2,2H3,(H,17,18). The maximum atomic E-state index is 11.2. The number of aromatic nitrogens is 1. The van der Waals surface area contributed by atoms with Crippen molar-refractivity contribution in [1.82, 2.24) is 4.98 Å². The summed E-state index contributed by atoms with van der Waals surface area (Å²) in [7, 11) is 1.59. The average molecular weight is 270 g/mol. The zero-order chi connectivity index (χ0) is 14.4. The van der Waals surface area contributed by atoms with Gasteiger partial charge in [-0.3, -0.25) is 9.78 Å². The molecule has 0 bridgehead atoms. The van der Waals surface area contributed by atoms with Crippen LogP contribution in [0.5, 0.6) is 17.2 Å². The lowest BCUT2D eigenvalue weighted by Gasteiger charge is -2.08. The Labute approximate surface area is 116 Å². The quantitative estimate of drug-likeness (QED) is 0.848. The molecule has 2 aromatic rings. The number of ether oxygens (including phenoxy) is 2. The second-order valence-corrected chi connectivity index (χ2v) is 3.88. The molecule has 0 fully saturated rings. The van der Waals surface area contributed by atoms with Gasteiger partial charge in [-0.25, -0.2) is 0 Å². The summed E-state index contributed by atoms with van der Waals surface area (Å²) in [5.74, 6) is 1.54. The van der Waals surface area contributed by atoms with Gasteiger partial charge < -0.3 is 14.8 Å². The zero-order valence-corrected chi connectivity index (χ0v) is 11.0. The van der Waals surface area contributed by atoms with Crippen molar-refractivity contribution in [2.45, 2.75) is 0 Å². The predicted molar refractivity (Wildman–Crippen MR) is 76.1 cm³/mol. The molecule has 1 N–H and O–H groups in total. The number of carbonyl (C=O) groups excluding carboxylic acids is 1. The molecule has 2 rings (SSSR count). The van der Waals surface area contributed by atoms with E-state index in [9.17, 15) is 4.79 Å². The highest BCUT2D eigenvalue weighted by Gasteiger charge is 2.03. The number of anilines is 1. The Morgan fingerprint density at radius 3 is 2.80 bits per heavy atom. The topological polar surface area (TPSA) is 60.5 Å². The lowest BCUT2D eigenvalue weighted by molar-refractivity contribution is -0.111. The number of amides is 1. The molecule has 0 aliphatic carbocycles. The van der Waals surface area contributed by atoms with E-state index in [4.69, 9.17) is 9.47 Å². The van der Waals surface area contributed by atoms with Gasteiger partial charge in [-0.2, -0.15) is 0 Å². The number of methoxy groups -OCH3 is 1. The molecule has 5 heteroatoms. The van der Waals surface area contributed by atoms with Crippen LogP contribution in [0.1, 0.15) is 0 Å². The van der Waals surface area contributed by atoms with Gasteiger partial charge in [0.2, 0.25) is 5.91 Å². The fourth-order valence-electron chi connectivity index (χ4n) is 1.54. The molecule has 5 nitrogen and oxygen atoms in total. The SMILES string of the molecule is C=CC(=O)Nc1cncc(Oc2cccc(OC)c2)c1. The van der Waals surface area contributed by atoms with E-state index in [1.807, 2.05) is 12.1 Å². The molecule has 20 heavy (non-hydrogen) atoms. The van der Waals surface area contributed by atoms with Gasteiger partial charge in [-0.05, 0) is 18.2 Å².